The summed E-state index contributed by atoms with van der Waals surface area (Å²) in [5.41, 5.74) is 9.51. The third-order valence-electron chi connectivity index (χ3n) is 9.15. The third kappa shape index (κ3) is 1.95. The van der Waals surface area contributed by atoms with Crippen molar-refractivity contribution in [2.75, 3.05) is 0 Å². The van der Waals surface area contributed by atoms with Crippen LogP contribution in [0.3, 0.4) is 0 Å². The fourth-order valence-corrected chi connectivity index (χ4v) is 7.69. The van der Waals surface area contributed by atoms with Crippen LogP contribution in [-0.2, 0) is 0 Å². The standard InChI is InChI=1S/C36H18N2O/c1-4-13-27-19(8-1)21-11-7-12-23-33-30(38(27)35(21)23)17-26-24-18-32-25(20-9-3-6-15-31(20)39-32)16-29(24)37-28-14-5-2-10-22(28)34(33)36(26)37/h1-18H. The van der Waals surface area contributed by atoms with Gasteiger partial charge >= 0.3 is 0 Å². The monoisotopic (exact) mass is 494 g/mol. The van der Waals surface area contributed by atoms with Crippen molar-refractivity contribution in [3.63, 3.8) is 0 Å². The van der Waals surface area contributed by atoms with Gasteiger partial charge in [0.25, 0.3) is 0 Å². The lowest BCUT2D eigenvalue weighted by Crippen LogP contribution is -1.81. The zero-order valence-electron chi connectivity index (χ0n) is 20.7. The van der Waals surface area contributed by atoms with Gasteiger partial charge < -0.3 is 13.2 Å². The summed E-state index contributed by atoms with van der Waals surface area (Å²) in [5.74, 6) is 0. The molecule has 0 aliphatic rings. The molecule has 0 fully saturated rings. The van der Waals surface area contributed by atoms with Gasteiger partial charge in [0.1, 0.15) is 11.2 Å². The van der Waals surface area contributed by atoms with E-state index >= 15 is 0 Å². The van der Waals surface area contributed by atoms with Crippen molar-refractivity contribution in [2.45, 2.75) is 0 Å². The minimum absolute atomic E-state index is 0.935. The molecule has 0 atom stereocenters. The Hall–Kier alpha value is -5.28. The van der Waals surface area contributed by atoms with E-state index in [1.807, 2.05) is 6.07 Å². The number of fused-ring (bicyclic) bond motifs is 16. The van der Waals surface area contributed by atoms with Crippen molar-refractivity contribution >= 4 is 98.1 Å². The molecule has 0 spiro atoms. The highest BCUT2D eigenvalue weighted by Gasteiger charge is 2.25. The minimum Gasteiger partial charge on any atom is -0.456 e. The molecule has 5 aromatic heterocycles. The van der Waals surface area contributed by atoms with E-state index in [1.54, 1.807) is 0 Å². The van der Waals surface area contributed by atoms with Crippen LogP contribution in [0.5, 0.6) is 0 Å². The van der Waals surface area contributed by atoms with E-state index in [2.05, 4.69) is 112 Å². The third-order valence-corrected chi connectivity index (χ3v) is 9.15. The molecule has 3 nitrogen and oxygen atoms in total. The molecular formula is C36H18N2O. The molecule has 0 aliphatic heterocycles. The molecule has 0 aliphatic carbocycles. The summed E-state index contributed by atoms with van der Waals surface area (Å²) >= 11 is 0. The van der Waals surface area contributed by atoms with E-state index in [9.17, 15) is 0 Å². The molecule has 11 rings (SSSR count). The number of aromatic nitrogens is 2. The number of rotatable bonds is 0. The van der Waals surface area contributed by atoms with Gasteiger partial charge in [-0.2, -0.15) is 0 Å². The average Bonchev–Trinajstić information content (AvgIpc) is 3.76. The Kier molecular flexibility index (Phi) is 2.93. The molecule has 5 heterocycles. The van der Waals surface area contributed by atoms with E-state index in [0.29, 0.717) is 0 Å². The van der Waals surface area contributed by atoms with Gasteiger partial charge in [-0.25, -0.2) is 0 Å². The van der Waals surface area contributed by atoms with Gasteiger partial charge in [0.05, 0.1) is 33.1 Å². The van der Waals surface area contributed by atoms with E-state index < -0.39 is 0 Å². The van der Waals surface area contributed by atoms with E-state index in [0.717, 1.165) is 16.6 Å². The van der Waals surface area contributed by atoms with Gasteiger partial charge in [0, 0.05) is 53.9 Å². The van der Waals surface area contributed by atoms with Crippen LogP contribution < -0.4 is 0 Å². The van der Waals surface area contributed by atoms with Crippen LogP contribution >= 0.6 is 0 Å². The molecule has 6 aromatic carbocycles. The van der Waals surface area contributed by atoms with Crippen molar-refractivity contribution in [1.82, 2.24) is 8.80 Å². The lowest BCUT2D eigenvalue weighted by atomic mass is 10.0. The first-order valence-electron chi connectivity index (χ1n) is 13.5. The quantitative estimate of drug-likeness (QED) is 0.206. The maximum atomic E-state index is 6.36. The van der Waals surface area contributed by atoms with Crippen LogP contribution in [0, 0.1) is 0 Å². The first-order valence-corrected chi connectivity index (χ1v) is 13.5. The highest BCUT2D eigenvalue weighted by Crippen LogP contribution is 2.48. The highest BCUT2D eigenvalue weighted by atomic mass is 16.3. The largest absolute Gasteiger partial charge is 0.456 e. The topological polar surface area (TPSA) is 22.0 Å². The van der Waals surface area contributed by atoms with Gasteiger partial charge in [-0.3, -0.25) is 0 Å². The van der Waals surface area contributed by atoms with Gasteiger partial charge in [-0.05, 0) is 36.4 Å². The molecule has 0 radical (unpaired) electrons. The Morgan fingerprint density at radius 3 is 1.92 bits per heavy atom. The SMILES string of the molecule is c1ccc2c(c1)oc1cc3c4cc5c(c6cccc7c8ccccc8n5c76)c5c6ccccc6n(c3cc12)c45. The molecule has 0 saturated heterocycles. The van der Waals surface area contributed by atoms with Gasteiger partial charge in [0.2, 0.25) is 0 Å². The van der Waals surface area contributed by atoms with Crippen molar-refractivity contribution in [3.8, 4) is 0 Å². The van der Waals surface area contributed by atoms with Crippen LogP contribution in [0.25, 0.3) is 98.1 Å². The Morgan fingerprint density at radius 2 is 1.03 bits per heavy atom. The Morgan fingerprint density at radius 1 is 0.359 bits per heavy atom. The molecule has 0 saturated carbocycles. The first kappa shape index (κ1) is 18.9. The van der Waals surface area contributed by atoms with Crippen LogP contribution in [0.15, 0.2) is 114 Å². The Bertz CT molecular complexity index is 2820. The van der Waals surface area contributed by atoms with E-state index in [4.69, 9.17) is 4.42 Å². The van der Waals surface area contributed by atoms with Gasteiger partial charge in [-0.15, -0.1) is 0 Å². The fraction of sp³-hybridized carbons (Fsp3) is 0. The summed E-state index contributed by atoms with van der Waals surface area (Å²) < 4.78 is 11.3. The predicted octanol–water partition coefficient (Wildman–Crippen LogP) is 9.89. The van der Waals surface area contributed by atoms with Crippen molar-refractivity contribution < 1.29 is 4.42 Å². The van der Waals surface area contributed by atoms with Crippen LogP contribution in [0.1, 0.15) is 0 Å². The fourth-order valence-electron chi connectivity index (χ4n) is 7.69. The summed E-state index contributed by atoms with van der Waals surface area (Å²) in [5, 5.41) is 12.8. The zero-order chi connectivity index (χ0) is 25.0. The van der Waals surface area contributed by atoms with Crippen LogP contribution in [-0.4, -0.2) is 8.80 Å². The second-order valence-electron chi connectivity index (χ2n) is 10.9. The number of hydrogen-bond donors (Lipinski definition) is 0. The summed E-state index contributed by atoms with van der Waals surface area (Å²) in [6.45, 7) is 0. The smallest absolute Gasteiger partial charge is 0.136 e. The number of para-hydroxylation sites is 4. The average molecular weight is 495 g/mol. The molecule has 0 unspecified atom stereocenters. The van der Waals surface area contributed by atoms with Crippen LogP contribution in [0.4, 0.5) is 0 Å². The van der Waals surface area contributed by atoms with E-state index in [1.165, 1.54) is 81.6 Å². The molecule has 11 aromatic rings. The Balaban J connectivity index is 1.50. The molecule has 0 bridgehead atoms. The first-order chi connectivity index (χ1) is 19.4. The number of furan rings is 1. The summed E-state index contributed by atoms with van der Waals surface area (Å²) in [7, 11) is 0. The van der Waals surface area contributed by atoms with Crippen molar-refractivity contribution in [3.05, 3.63) is 109 Å². The molecule has 0 N–H and O–H groups in total. The molecule has 178 valence electrons. The number of hydrogen-bond acceptors (Lipinski definition) is 1. The van der Waals surface area contributed by atoms with E-state index in [-0.39, 0.29) is 0 Å². The van der Waals surface area contributed by atoms with Gasteiger partial charge in [0.15, 0.2) is 0 Å². The summed E-state index contributed by atoms with van der Waals surface area (Å²) in [6.07, 6.45) is 0. The normalized spacial score (nSPS) is 13.1. The van der Waals surface area contributed by atoms with Crippen molar-refractivity contribution in [2.24, 2.45) is 0 Å². The minimum atomic E-state index is 0.935. The molecule has 0 amide bonds. The molecular weight excluding hydrogens is 476 g/mol. The molecule has 3 heteroatoms. The van der Waals surface area contributed by atoms with Crippen molar-refractivity contribution in [1.29, 1.82) is 0 Å². The summed E-state index contributed by atoms with van der Waals surface area (Å²) in [4.78, 5) is 0. The molecule has 39 heavy (non-hydrogen) atoms. The lowest BCUT2D eigenvalue weighted by Gasteiger charge is -2.02. The number of benzene rings is 6. The zero-order valence-corrected chi connectivity index (χ0v) is 20.7. The lowest BCUT2D eigenvalue weighted by molar-refractivity contribution is 0.669. The Labute approximate surface area is 220 Å². The predicted molar refractivity (Wildman–Crippen MR) is 163 cm³/mol. The second-order valence-corrected chi connectivity index (χ2v) is 10.9. The highest BCUT2D eigenvalue weighted by molar-refractivity contribution is 6.38. The number of nitrogens with zero attached hydrogens (tertiary/aromatic N) is 2. The maximum Gasteiger partial charge on any atom is 0.136 e. The summed E-state index contributed by atoms with van der Waals surface area (Å²) in [6, 6.07) is 39.9. The maximum absolute atomic E-state index is 6.36. The van der Waals surface area contributed by atoms with Gasteiger partial charge in [-0.1, -0.05) is 72.8 Å². The van der Waals surface area contributed by atoms with Crippen LogP contribution in [0.2, 0.25) is 0 Å². The second kappa shape index (κ2) is 6.06.